The Balaban J connectivity index is 2.65. The van der Waals surface area contributed by atoms with Crippen molar-refractivity contribution in [2.75, 3.05) is 13.2 Å². The lowest BCUT2D eigenvalue weighted by Gasteiger charge is -2.40. The number of carbonyl (C=O) groups excluding carboxylic acids is 3. The summed E-state index contributed by atoms with van der Waals surface area (Å²) in [5.41, 5.74) is 0. The van der Waals surface area contributed by atoms with Crippen molar-refractivity contribution >= 4 is 23.9 Å². The minimum atomic E-state index is -1.91. The van der Waals surface area contributed by atoms with E-state index in [1.807, 2.05) is 0 Å². The van der Waals surface area contributed by atoms with Crippen LogP contribution in [0, 0.1) is 0 Å². The number of carbonyl (C=O) groups is 4. The first-order chi connectivity index (χ1) is 40.6. The summed E-state index contributed by atoms with van der Waals surface area (Å²) in [5.74, 6) is -3.13. The molecule has 0 bridgehead atoms. The van der Waals surface area contributed by atoms with Crippen LogP contribution < -0.4 is 0 Å². The second-order valence-electron chi connectivity index (χ2n) is 23.1. The average molecular weight is 1170 g/mol. The second kappa shape index (κ2) is 58.5. The lowest BCUT2D eigenvalue weighted by Crippen LogP contribution is -2.61. The van der Waals surface area contributed by atoms with Gasteiger partial charge in [0.1, 0.15) is 18.8 Å². The molecule has 1 heterocycles. The number of aliphatic hydroxyl groups is 2. The van der Waals surface area contributed by atoms with E-state index in [2.05, 4.69) is 93.7 Å². The molecule has 0 spiro atoms. The molecule has 1 aliphatic rings. The molecule has 6 atom stereocenters. The monoisotopic (exact) mass is 1170 g/mol. The van der Waals surface area contributed by atoms with Gasteiger partial charge >= 0.3 is 23.9 Å². The zero-order chi connectivity index (χ0) is 60.3. The maximum absolute atomic E-state index is 13.2. The number of hydrogen-bond acceptors (Lipinski definition) is 11. The molecular formula is C71H122O12. The zero-order valence-electron chi connectivity index (χ0n) is 52.9. The topological polar surface area (TPSA) is 175 Å². The molecule has 0 amide bonds. The molecule has 0 aliphatic carbocycles. The van der Waals surface area contributed by atoms with Crippen LogP contribution in [0.4, 0.5) is 0 Å². The highest BCUT2D eigenvalue weighted by Gasteiger charge is 2.50. The lowest BCUT2D eigenvalue weighted by atomic mass is 9.98. The van der Waals surface area contributed by atoms with Gasteiger partial charge in [-0.3, -0.25) is 14.4 Å². The van der Waals surface area contributed by atoms with Crippen molar-refractivity contribution in [3.63, 3.8) is 0 Å². The quantitative estimate of drug-likeness (QED) is 0.0228. The van der Waals surface area contributed by atoms with Crippen LogP contribution in [-0.2, 0) is 42.9 Å². The Kier molecular flexibility index (Phi) is 54.4. The van der Waals surface area contributed by atoms with Crippen LogP contribution in [0.5, 0.6) is 0 Å². The van der Waals surface area contributed by atoms with Crippen LogP contribution in [0.25, 0.3) is 0 Å². The Bertz CT molecular complexity index is 1720. The van der Waals surface area contributed by atoms with E-state index in [1.165, 1.54) is 116 Å². The highest BCUT2D eigenvalue weighted by molar-refractivity contribution is 5.74. The molecule has 1 aliphatic heterocycles. The standard InChI is InChI=1S/C71H122O12/c1-4-7-10-13-16-19-22-25-28-31-32-35-36-39-42-45-48-51-54-57-63(72)79-60-62(81-64(73)58-55-52-49-46-43-40-37-33-29-26-23-20-17-14-11-8-5-2)61-80-71-69(67(76)66(75)68(83-71)70(77)78)82-65(74)59-56-53-50-47-44-41-38-34-30-27-24-21-18-15-12-9-6-3/h9,12,17-18,20-21,25-30,62,66-69,71,75-76H,4-8,10-11,13-16,19,22-24,31-61H2,1-3H3,(H,77,78)/b12-9-,20-17-,21-18-,28-25-,29-26-,30-27-. The van der Waals surface area contributed by atoms with E-state index in [4.69, 9.17) is 23.7 Å². The summed E-state index contributed by atoms with van der Waals surface area (Å²) in [6, 6.07) is 0. The van der Waals surface area contributed by atoms with Crippen molar-refractivity contribution in [3.05, 3.63) is 72.9 Å². The van der Waals surface area contributed by atoms with Crippen molar-refractivity contribution in [2.45, 2.75) is 340 Å². The third-order valence-electron chi connectivity index (χ3n) is 15.2. The molecule has 12 heteroatoms. The minimum absolute atomic E-state index is 0.0472. The molecule has 0 aromatic carbocycles. The van der Waals surface area contributed by atoms with Gasteiger partial charge in [-0.2, -0.15) is 0 Å². The molecule has 0 aromatic rings. The van der Waals surface area contributed by atoms with Crippen LogP contribution in [0.2, 0.25) is 0 Å². The number of aliphatic carboxylic acids is 1. The van der Waals surface area contributed by atoms with Crippen LogP contribution in [0.3, 0.4) is 0 Å². The lowest BCUT2D eigenvalue weighted by molar-refractivity contribution is -0.301. The highest BCUT2D eigenvalue weighted by atomic mass is 16.7. The normalized spacial score (nSPS) is 18.0. The van der Waals surface area contributed by atoms with Crippen molar-refractivity contribution in [1.29, 1.82) is 0 Å². The first-order valence-electron chi connectivity index (χ1n) is 33.9. The number of rotatable bonds is 58. The minimum Gasteiger partial charge on any atom is -0.479 e. The summed E-state index contributed by atoms with van der Waals surface area (Å²) >= 11 is 0. The molecule has 3 N–H and O–H groups in total. The molecule has 0 radical (unpaired) electrons. The summed E-state index contributed by atoms with van der Waals surface area (Å²) in [6.45, 7) is 5.89. The maximum atomic E-state index is 13.2. The first kappa shape index (κ1) is 77.2. The summed E-state index contributed by atoms with van der Waals surface area (Å²) in [5, 5.41) is 31.6. The Labute approximate surface area is 506 Å². The smallest absolute Gasteiger partial charge is 0.335 e. The van der Waals surface area contributed by atoms with E-state index in [-0.39, 0.29) is 25.9 Å². The predicted octanol–water partition coefficient (Wildman–Crippen LogP) is 18.5. The summed E-state index contributed by atoms with van der Waals surface area (Å²) in [6.07, 6.45) is 62.8. The molecule has 478 valence electrons. The van der Waals surface area contributed by atoms with Gasteiger partial charge in [-0.1, -0.05) is 248 Å². The molecule has 83 heavy (non-hydrogen) atoms. The molecule has 0 saturated carbocycles. The largest absolute Gasteiger partial charge is 0.479 e. The third kappa shape index (κ3) is 48.0. The molecule has 12 nitrogen and oxygen atoms in total. The van der Waals surface area contributed by atoms with Gasteiger partial charge in [0.15, 0.2) is 24.6 Å². The molecule has 6 unspecified atom stereocenters. The van der Waals surface area contributed by atoms with Crippen LogP contribution >= 0.6 is 0 Å². The third-order valence-corrected chi connectivity index (χ3v) is 15.2. The highest BCUT2D eigenvalue weighted by Crippen LogP contribution is 2.27. The Morgan fingerprint density at radius 1 is 0.410 bits per heavy atom. The SMILES string of the molecule is CC/C=C\C/C=C\C/C=C\CCCCCCCCCC(=O)OC1C(OCC(COC(=O)CCCCCCCCCCC/C=C\CCCCCCCC)OC(=O)CCCCCCCCC/C=C\C/C=C\CCCCC)OC(C(=O)O)C(O)C1O. The van der Waals surface area contributed by atoms with Crippen LogP contribution in [0.1, 0.15) is 303 Å². The van der Waals surface area contributed by atoms with Crippen molar-refractivity contribution < 1.29 is 58.2 Å². The number of allylic oxidation sites excluding steroid dienone is 12. The van der Waals surface area contributed by atoms with E-state index in [1.54, 1.807) is 0 Å². The van der Waals surface area contributed by atoms with Gasteiger partial charge in [0, 0.05) is 19.3 Å². The van der Waals surface area contributed by atoms with Gasteiger partial charge < -0.3 is 39.0 Å². The van der Waals surface area contributed by atoms with Crippen molar-refractivity contribution in [3.8, 4) is 0 Å². The fraction of sp³-hybridized carbons (Fsp3) is 0.775. The maximum Gasteiger partial charge on any atom is 0.335 e. The number of aliphatic hydroxyl groups excluding tert-OH is 2. The van der Waals surface area contributed by atoms with E-state index >= 15 is 0 Å². The van der Waals surface area contributed by atoms with E-state index in [0.717, 1.165) is 128 Å². The molecule has 1 saturated heterocycles. The zero-order valence-corrected chi connectivity index (χ0v) is 52.9. The number of hydrogen-bond donors (Lipinski definition) is 3. The number of carboxylic acids is 1. The number of ether oxygens (including phenoxy) is 5. The average Bonchev–Trinajstić information content (AvgIpc) is 3.55. The van der Waals surface area contributed by atoms with Crippen LogP contribution in [-0.4, -0.2) is 89.2 Å². The van der Waals surface area contributed by atoms with Gasteiger partial charge in [-0.15, -0.1) is 0 Å². The van der Waals surface area contributed by atoms with E-state index in [9.17, 15) is 34.5 Å². The van der Waals surface area contributed by atoms with Gasteiger partial charge in [0.2, 0.25) is 0 Å². The van der Waals surface area contributed by atoms with Gasteiger partial charge in [-0.05, 0) is 109 Å². The molecule has 1 rings (SSSR count). The van der Waals surface area contributed by atoms with Crippen LogP contribution in [0.15, 0.2) is 72.9 Å². The van der Waals surface area contributed by atoms with Gasteiger partial charge in [0.25, 0.3) is 0 Å². The second-order valence-corrected chi connectivity index (χ2v) is 23.1. The molecular weight excluding hydrogens is 1040 g/mol. The fourth-order valence-electron chi connectivity index (χ4n) is 10.1. The summed E-state index contributed by atoms with van der Waals surface area (Å²) in [4.78, 5) is 51.4. The molecule has 1 fully saturated rings. The van der Waals surface area contributed by atoms with Gasteiger partial charge in [-0.25, -0.2) is 4.79 Å². The fourth-order valence-corrected chi connectivity index (χ4v) is 10.1. The Morgan fingerprint density at radius 3 is 1.19 bits per heavy atom. The summed E-state index contributed by atoms with van der Waals surface area (Å²) < 4.78 is 28.6. The van der Waals surface area contributed by atoms with Gasteiger partial charge in [0.05, 0.1) is 6.61 Å². The van der Waals surface area contributed by atoms with Crippen molar-refractivity contribution in [2.24, 2.45) is 0 Å². The Hall–Kier alpha value is -3.84. The number of esters is 3. The summed E-state index contributed by atoms with van der Waals surface area (Å²) in [7, 11) is 0. The first-order valence-corrected chi connectivity index (χ1v) is 33.9. The van der Waals surface area contributed by atoms with Crippen molar-refractivity contribution in [1.82, 2.24) is 0 Å². The number of carboxylic acid groups (broad SMARTS) is 1. The van der Waals surface area contributed by atoms with E-state index in [0.29, 0.717) is 19.3 Å². The Morgan fingerprint density at radius 2 is 0.759 bits per heavy atom. The van der Waals surface area contributed by atoms with E-state index < -0.39 is 67.3 Å². The predicted molar refractivity (Wildman–Crippen MR) is 340 cm³/mol. The number of unbranched alkanes of at least 4 members (excludes halogenated alkanes) is 32. The molecule has 0 aromatic heterocycles.